The predicted octanol–water partition coefficient (Wildman–Crippen LogP) is 1.93. The van der Waals surface area contributed by atoms with Crippen LogP contribution in [0.4, 0.5) is 0 Å². The molecule has 1 rings (SSSR count). The summed E-state index contributed by atoms with van der Waals surface area (Å²) in [4.78, 5) is 12.2. The van der Waals surface area contributed by atoms with Crippen molar-refractivity contribution in [1.29, 1.82) is 0 Å². The standard InChI is InChI=1S/C11H15NO2.ClH/c1-9-3-5-10(6-4-9)7-12(2)8-11(13)14;/h3-6H,7-8H2,1-2H3,(H,13,14);1H. The van der Waals surface area contributed by atoms with Crippen molar-refractivity contribution in [2.45, 2.75) is 13.5 Å². The molecular weight excluding hydrogens is 214 g/mol. The summed E-state index contributed by atoms with van der Waals surface area (Å²) < 4.78 is 0. The highest BCUT2D eigenvalue weighted by Crippen LogP contribution is 2.05. The number of aryl methyl sites for hydroxylation is 1. The molecule has 1 N–H and O–H groups in total. The van der Waals surface area contributed by atoms with Crippen LogP contribution in [0.2, 0.25) is 0 Å². The van der Waals surface area contributed by atoms with Gasteiger partial charge in [-0.2, -0.15) is 0 Å². The van der Waals surface area contributed by atoms with E-state index in [1.54, 1.807) is 11.9 Å². The summed E-state index contributed by atoms with van der Waals surface area (Å²) >= 11 is 0. The van der Waals surface area contributed by atoms with Crippen LogP contribution in [0.3, 0.4) is 0 Å². The van der Waals surface area contributed by atoms with Crippen molar-refractivity contribution in [3.05, 3.63) is 35.4 Å². The lowest BCUT2D eigenvalue weighted by atomic mass is 10.1. The molecule has 4 heteroatoms. The molecule has 0 aliphatic rings. The third-order valence-electron chi connectivity index (χ3n) is 1.98. The molecule has 0 saturated heterocycles. The molecule has 1 aromatic carbocycles. The fraction of sp³-hybridized carbons (Fsp3) is 0.364. The maximum absolute atomic E-state index is 10.4. The van der Waals surface area contributed by atoms with E-state index < -0.39 is 5.97 Å². The summed E-state index contributed by atoms with van der Waals surface area (Å²) in [6, 6.07) is 8.11. The van der Waals surface area contributed by atoms with Gasteiger partial charge in [-0.3, -0.25) is 9.69 Å². The molecular formula is C11H16ClNO2. The Morgan fingerprint density at radius 3 is 2.33 bits per heavy atom. The highest BCUT2D eigenvalue weighted by Gasteiger charge is 2.04. The number of rotatable bonds is 4. The van der Waals surface area contributed by atoms with E-state index in [4.69, 9.17) is 5.11 Å². The van der Waals surface area contributed by atoms with Crippen molar-refractivity contribution in [3.63, 3.8) is 0 Å². The van der Waals surface area contributed by atoms with Gasteiger partial charge in [-0.1, -0.05) is 29.8 Å². The molecule has 0 radical (unpaired) electrons. The summed E-state index contributed by atoms with van der Waals surface area (Å²) in [6.45, 7) is 2.78. The van der Waals surface area contributed by atoms with E-state index in [9.17, 15) is 4.79 Å². The third-order valence-corrected chi connectivity index (χ3v) is 1.98. The van der Waals surface area contributed by atoms with Gasteiger partial charge in [-0.15, -0.1) is 12.4 Å². The first-order valence-corrected chi connectivity index (χ1v) is 4.54. The number of likely N-dealkylation sites (N-methyl/N-ethyl adjacent to an activating group) is 1. The van der Waals surface area contributed by atoms with E-state index in [0.717, 1.165) is 5.56 Å². The van der Waals surface area contributed by atoms with Crippen LogP contribution in [0, 0.1) is 6.92 Å². The number of aliphatic carboxylic acids is 1. The van der Waals surface area contributed by atoms with Crippen LogP contribution < -0.4 is 0 Å². The van der Waals surface area contributed by atoms with E-state index in [0.29, 0.717) is 6.54 Å². The van der Waals surface area contributed by atoms with Gasteiger partial charge in [0.25, 0.3) is 0 Å². The zero-order valence-electron chi connectivity index (χ0n) is 8.93. The molecule has 0 aromatic heterocycles. The van der Waals surface area contributed by atoms with Gasteiger partial charge in [0.2, 0.25) is 0 Å². The van der Waals surface area contributed by atoms with Crippen LogP contribution in [-0.4, -0.2) is 29.6 Å². The number of carbonyl (C=O) groups is 1. The topological polar surface area (TPSA) is 40.5 Å². The average molecular weight is 230 g/mol. The summed E-state index contributed by atoms with van der Waals surface area (Å²) in [5.74, 6) is -0.792. The molecule has 0 aliphatic heterocycles. The second-order valence-electron chi connectivity index (χ2n) is 3.55. The minimum atomic E-state index is -0.792. The normalized spacial score (nSPS) is 9.80. The smallest absolute Gasteiger partial charge is 0.317 e. The van der Waals surface area contributed by atoms with E-state index >= 15 is 0 Å². The molecule has 1 aromatic rings. The zero-order valence-corrected chi connectivity index (χ0v) is 9.75. The molecule has 0 heterocycles. The number of halogens is 1. The fourth-order valence-corrected chi connectivity index (χ4v) is 1.29. The zero-order chi connectivity index (χ0) is 10.6. The molecule has 15 heavy (non-hydrogen) atoms. The maximum Gasteiger partial charge on any atom is 0.317 e. The van der Waals surface area contributed by atoms with Crippen LogP contribution in [0.1, 0.15) is 11.1 Å². The Morgan fingerprint density at radius 1 is 1.33 bits per heavy atom. The molecule has 0 spiro atoms. The largest absolute Gasteiger partial charge is 0.480 e. The fourth-order valence-electron chi connectivity index (χ4n) is 1.29. The highest BCUT2D eigenvalue weighted by atomic mass is 35.5. The van der Waals surface area contributed by atoms with Crippen molar-refractivity contribution in [2.75, 3.05) is 13.6 Å². The van der Waals surface area contributed by atoms with E-state index in [1.807, 2.05) is 31.2 Å². The Balaban J connectivity index is 0.00000196. The number of hydrogen-bond donors (Lipinski definition) is 1. The Morgan fingerprint density at radius 2 is 1.87 bits per heavy atom. The number of nitrogens with zero attached hydrogens (tertiary/aromatic N) is 1. The SMILES string of the molecule is Cc1ccc(CN(C)CC(=O)O)cc1.Cl. The molecule has 0 saturated carbocycles. The molecule has 0 aliphatic carbocycles. The average Bonchev–Trinajstić information content (AvgIpc) is 2.07. The van der Waals surface area contributed by atoms with Crippen molar-refractivity contribution in [2.24, 2.45) is 0 Å². The minimum absolute atomic E-state index is 0. The van der Waals surface area contributed by atoms with Gasteiger partial charge in [0, 0.05) is 6.54 Å². The van der Waals surface area contributed by atoms with Gasteiger partial charge in [0.15, 0.2) is 0 Å². The van der Waals surface area contributed by atoms with Gasteiger partial charge in [-0.25, -0.2) is 0 Å². The predicted molar refractivity (Wildman–Crippen MR) is 62.4 cm³/mol. The van der Waals surface area contributed by atoms with E-state index in [-0.39, 0.29) is 19.0 Å². The molecule has 0 atom stereocenters. The van der Waals surface area contributed by atoms with Crippen LogP contribution in [0.15, 0.2) is 24.3 Å². The number of carboxylic acids is 1. The second-order valence-corrected chi connectivity index (χ2v) is 3.55. The first kappa shape index (κ1) is 13.9. The lowest BCUT2D eigenvalue weighted by Gasteiger charge is -2.13. The van der Waals surface area contributed by atoms with E-state index in [2.05, 4.69) is 0 Å². The van der Waals surface area contributed by atoms with Crippen molar-refractivity contribution in [1.82, 2.24) is 4.90 Å². The molecule has 84 valence electrons. The Hall–Kier alpha value is -1.06. The lowest BCUT2D eigenvalue weighted by molar-refractivity contribution is -0.138. The molecule has 0 fully saturated rings. The van der Waals surface area contributed by atoms with Gasteiger partial charge in [-0.05, 0) is 19.5 Å². The molecule has 0 unspecified atom stereocenters. The van der Waals surface area contributed by atoms with Gasteiger partial charge >= 0.3 is 5.97 Å². The number of carboxylic acid groups (broad SMARTS) is 1. The van der Waals surface area contributed by atoms with Crippen molar-refractivity contribution in [3.8, 4) is 0 Å². The minimum Gasteiger partial charge on any atom is -0.480 e. The summed E-state index contributed by atoms with van der Waals surface area (Å²) in [7, 11) is 1.80. The second kappa shape index (κ2) is 6.43. The monoisotopic (exact) mass is 229 g/mol. The quantitative estimate of drug-likeness (QED) is 0.858. The highest BCUT2D eigenvalue weighted by molar-refractivity contribution is 5.85. The first-order chi connectivity index (χ1) is 6.58. The molecule has 0 bridgehead atoms. The van der Waals surface area contributed by atoms with Crippen LogP contribution in [-0.2, 0) is 11.3 Å². The summed E-state index contributed by atoms with van der Waals surface area (Å²) in [5.41, 5.74) is 2.36. The van der Waals surface area contributed by atoms with Crippen molar-refractivity contribution >= 4 is 18.4 Å². The van der Waals surface area contributed by atoms with Crippen LogP contribution in [0.5, 0.6) is 0 Å². The van der Waals surface area contributed by atoms with Gasteiger partial charge < -0.3 is 5.11 Å². The third kappa shape index (κ3) is 5.40. The van der Waals surface area contributed by atoms with Crippen LogP contribution in [0.25, 0.3) is 0 Å². The summed E-state index contributed by atoms with van der Waals surface area (Å²) in [5, 5.41) is 8.56. The molecule has 3 nitrogen and oxygen atoms in total. The Labute approximate surface area is 96.1 Å². The lowest BCUT2D eigenvalue weighted by Crippen LogP contribution is -2.25. The van der Waals surface area contributed by atoms with Crippen molar-refractivity contribution < 1.29 is 9.90 Å². The Kier molecular flexibility index (Phi) is 5.97. The number of benzene rings is 1. The van der Waals surface area contributed by atoms with Crippen LogP contribution >= 0.6 is 12.4 Å². The summed E-state index contributed by atoms with van der Waals surface area (Å²) in [6.07, 6.45) is 0. The first-order valence-electron chi connectivity index (χ1n) is 4.54. The van der Waals surface area contributed by atoms with Gasteiger partial charge in [0.1, 0.15) is 0 Å². The van der Waals surface area contributed by atoms with Gasteiger partial charge in [0.05, 0.1) is 6.54 Å². The molecule has 0 amide bonds. The number of hydrogen-bond acceptors (Lipinski definition) is 2. The Bertz CT molecular complexity index is 311. The van der Waals surface area contributed by atoms with E-state index in [1.165, 1.54) is 5.56 Å². The maximum atomic E-state index is 10.4.